The first-order chi connectivity index (χ1) is 9.69. The third-order valence-electron chi connectivity index (χ3n) is 3.24. The molecule has 0 fully saturated rings. The van der Waals surface area contributed by atoms with Gasteiger partial charge in [0, 0.05) is 22.9 Å². The van der Waals surface area contributed by atoms with E-state index in [4.69, 9.17) is 10.7 Å². The first-order valence-electron chi connectivity index (χ1n) is 6.58. The Balaban J connectivity index is 2.01. The van der Waals surface area contributed by atoms with Crippen LogP contribution in [0.2, 0.25) is 0 Å². The second-order valence-corrected chi connectivity index (χ2v) is 6.73. The molecule has 0 radical (unpaired) electrons. The van der Waals surface area contributed by atoms with Gasteiger partial charge in [0.1, 0.15) is 5.03 Å². The number of thiazole rings is 1. The van der Waals surface area contributed by atoms with Gasteiger partial charge in [-0.05, 0) is 32.0 Å². The van der Waals surface area contributed by atoms with E-state index in [1.54, 1.807) is 23.1 Å². The van der Waals surface area contributed by atoms with E-state index in [1.807, 2.05) is 0 Å². The Morgan fingerprint density at radius 1 is 1.35 bits per heavy atom. The summed E-state index contributed by atoms with van der Waals surface area (Å²) in [5, 5.41) is 3.14. The summed E-state index contributed by atoms with van der Waals surface area (Å²) >= 11 is 3.40. The first-order valence-corrected chi connectivity index (χ1v) is 8.28. The highest BCUT2D eigenvalue weighted by Gasteiger charge is 2.14. The zero-order valence-electron chi connectivity index (χ0n) is 11.6. The summed E-state index contributed by atoms with van der Waals surface area (Å²) in [6, 6.07) is 6.54. The smallest absolute Gasteiger partial charge is 0.194 e. The SMILES string of the molecule is Cc1ccc(Sc2nc3sccn3c2CCN)c(C)c1. The zero-order chi connectivity index (χ0) is 14.1. The van der Waals surface area contributed by atoms with Gasteiger partial charge >= 0.3 is 0 Å². The van der Waals surface area contributed by atoms with Crippen LogP contribution in [0.25, 0.3) is 4.96 Å². The van der Waals surface area contributed by atoms with Crippen LogP contribution in [0.15, 0.2) is 39.7 Å². The van der Waals surface area contributed by atoms with Crippen LogP contribution in [0.1, 0.15) is 16.8 Å². The Hall–Kier alpha value is -1.30. The van der Waals surface area contributed by atoms with Crippen molar-refractivity contribution in [1.82, 2.24) is 9.38 Å². The normalized spacial score (nSPS) is 11.3. The molecule has 3 nitrogen and oxygen atoms in total. The fourth-order valence-electron chi connectivity index (χ4n) is 2.28. The van der Waals surface area contributed by atoms with Gasteiger partial charge in [0.05, 0.1) is 5.69 Å². The number of nitrogens with two attached hydrogens (primary N) is 1. The highest BCUT2D eigenvalue weighted by molar-refractivity contribution is 7.99. The van der Waals surface area contributed by atoms with E-state index < -0.39 is 0 Å². The molecule has 0 atom stereocenters. The van der Waals surface area contributed by atoms with Crippen molar-refractivity contribution in [2.24, 2.45) is 5.73 Å². The fourth-order valence-corrected chi connectivity index (χ4v) is 4.08. The predicted molar refractivity (Wildman–Crippen MR) is 85.9 cm³/mol. The number of hydrogen-bond donors (Lipinski definition) is 1. The van der Waals surface area contributed by atoms with Gasteiger partial charge in [0.2, 0.25) is 0 Å². The molecule has 3 rings (SSSR count). The van der Waals surface area contributed by atoms with Gasteiger partial charge in [0.25, 0.3) is 0 Å². The molecule has 2 N–H and O–H groups in total. The summed E-state index contributed by atoms with van der Waals surface area (Å²) < 4.78 is 2.16. The maximum Gasteiger partial charge on any atom is 0.194 e. The van der Waals surface area contributed by atoms with E-state index in [1.165, 1.54) is 21.7 Å². The summed E-state index contributed by atoms with van der Waals surface area (Å²) in [4.78, 5) is 7.04. The van der Waals surface area contributed by atoms with Gasteiger partial charge in [-0.2, -0.15) is 0 Å². The van der Waals surface area contributed by atoms with E-state index in [-0.39, 0.29) is 0 Å². The molecule has 20 heavy (non-hydrogen) atoms. The Morgan fingerprint density at radius 3 is 2.95 bits per heavy atom. The summed E-state index contributed by atoms with van der Waals surface area (Å²) in [5.41, 5.74) is 9.55. The van der Waals surface area contributed by atoms with E-state index in [0.717, 1.165) is 16.4 Å². The molecule has 0 unspecified atom stereocenters. The summed E-state index contributed by atoms with van der Waals surface area (Å²) in [7, 11) is 0. The lowest BCUT2D eigenvalue weighted by atomic mass is 10.2. The lowest BCUT2D eigenvalue weighted by Crippen LogP contribution is -2.05. The molecular formula is C15H17N3S2. The number of benzene rings is 1. The molecule has 1 aromatic carbocycles. The van der Waals surface area contributed by atoms with Gasteiger partial charge in [-0.25, -0.2) is 4.98 Å². The number of imidazole rings is 1. The highest BCUT2D eigenvalue weighted by atomic mass is 32.2. The molecule has 104 valence electrons. The standard InChI is InChI=1S/C15H17N3S2/c1-10-3-4-13(11(2)9-10)20-14-12(5-6-16)18-7-8-19-15(18)17-14/h3-4,7-9H,5-6,16H2,1-2H3. The van der Waals surface area contributed by atoms with Gasteiger partial charge in [-0.3, -0.25) is 4.40 Å². The van der Waals surface area contributed by atoms with Crippen molar-refractivity contribution >= 4 is 28.1 Å². The average Bonchev–Trinajstić information content (AvgIpc) is 2.96. The topological polar surface area (TPSA) is 43.3 Å². The molecule has 0 spiro atoms. The van der Waals surface area contributed by atoms with Crippen LogP contribution >= 0.6 is 23.1 Å². The fraction of sp³-hybridized carbons (Fsp3) is 0.267. The molecule has 0 bridgehead atoms. The molecule has 0 aliphatic rings. The van der Waals surface area contributed by atoms with Crippen molar-refractivity contribution in [1.29, 1.82) is 0 Å². The van der Waals surface area contributed by atoms with Crippen LogP contribution in [0.5, 0.6) is 0 Å². The maximum absolute atomic E-state index is 5.74. The van der Waals surface area contributed by atoms with Crippen LogP contribution in [-0.4, -0.2) is 15.9 Å². The Bertz CT molecular complexity index is 743. The molecule has 3 aromatic rings. The number of rotatable bonds is 4. The molecule has 2 aromatic heterocycles. The number of nitrogens with zero attached hydrogens (tertiary/aromatic N) is 2. The summed E-state index contributed by atoms with van der Waals surface area (Å²) in [6.07, 6.45) is 2.93. The van der Waals surface area contributed by atoms with E-state index in [2.05, 4.69) is 48.0 Å². The van der Waals surface area contributed by atoms with E-state index >= 15 is 0 Å². The Labute approximate surface area is 126 Å². The van der Waals surface area contributed by atoms with Gasteiger partial charge in [-0.1, -0.05) is 29.5 Å². The monoisotopic (exact) mass is 303 g/mol. The highest BCUT2D eigenvalue weighted by Crippen LogP contribution is 2.34. The molecule has 5 heteroatoms. The third-order valence-corrected chi connectivity index (χ3v) is 5.20. The van der Waals surface area contributed by atoms with E-state index in [9.17, 15) is 0 Å². The van der Waals surface area contributed by atoms with Crippen molar-refractivity contribution < 1.29 is 0 Å². The number of fused-ring (bicyclic) bond motifs is 1. The van der Waals surface area contributed by atoms with Crippen molar-refractivity contribution in [3.63, 3.8) is 0 Å². The quantitative estimate of drug-likeness (QED) is 0.800. The number of aryl methyl sites for hydroxylation is 2. The van der Waals surface area contributed by atoms with E-state index in [0.29, 0.717) is 6.54 Å². The van der Waals surface area contributed by atoms with Gasteiger partial charge in [0.15, 0.2) is 4.96 Å². The largest absolute Gasteiger partial charge is 0.330 e. The number of hydrogen-bond acceptors (Lipinski definition) is 4. The van der Waals surface area contributed by atoms with Crippen LogP contribution in [-0.2, 0) is 6.42 Å². The van der Waals surface area contributed by atoms with Crippen molar-refractivity contribution in [3.8, 4) is 0 Å². The average molecular weight is 303 g/mol. The van der Waals surface area contributed by atoms with Crippen molar-refractivity contribution in [3.05, 3.63) is 46.6 Å². The Morgan fingerprint density at radius 2 is 2.20 bits per heavy atom. The van der Waals surface area contributed by atoms with Crippen LogP contribution in [0.3, 0.4) is 0 Å². The van der Waals surface area contributed by atoms with Gasteiger partial charge < -0.3 is 5.73 Å². The predicted octanol–water partition coefficient (Wildman–Crippen LogP) is 3.67. The maximum atomic E-state index is 5.74. The number of aromatic nitrogens is 2. The van der Waals surface area contributed by atoms with Crippen LogP contribution in [0, 0.1) is 13.8 Å². The minimum absolute atomic E-state index is 0.643. The molecule has 0 saturated carbocycles. The summed E-state index contributed by atoms with van der Waals surface area (Å²) in [5.74, 6) is 0. The second kappa shape index (κ2) is 5.60. The lowest BCUT2D eigenvalue weighted by molar-refractivity contribution is 0.878. The van der Waals surface area contributed by atoms with Gasteiger partial charge in [-0.15, -0.1) is 11.3 Å². The first kappa shape index (κ1) is 13.7. The molecule has 0 aliphatic heterocycles. The van der Waals surface area contributed by atoms with Crippen LogP contribution < -0.4 is 5.73 Å². The second-order valence-electron chi connectivity index (χ2n) is 4.83. The molecule has 0 aliphatic carbocycles. The molecule has 2 heterocycles. The Kier molecular flexibility index (Phi) is 3.83. The minimum atomic E-state index is 0.643. The van der Waals surface area contributed by atoms with Crippen molar-refractivity contribution in [2.45, 2.75) is 30.2 Å². The van der Waals surface area contributed by atoms with Crippen LogP contribution in [0.4, 0.5) is 0 Å². The lowest BCUT2D eigenvalue weighted by Gasteiger charge is -2.06. The molecular weight excluding hydrogens is 286 g/mol. The molecule has 0 saturated heterocycles. The summed E-state index contributed by atoms with van der Waals surface area (Å²) in [6.45, 7) is 4.91. The zero-order valence-corrected chi connectivity index (χ0v) is 13.2. The van der Waals surface area contributed by atoms with Crippen molar-refractivity contribution in [2.75, 3.05) is 6.54 Å². The third kappa shape index (κ3) is 2.49. The molecule has 0 amide bonds. The minimum Gasteiger partial charge on any atom is -0.330 e.